The molecule has 0 atom stereocenters. The van der Waals surface area contributed by atoms with Gasteiger partial charge in [-0.25, -0.2) is 4.79 Å². The Morgan fingerprint density at radius 1 is 0.952 bits per heavy atom. The van der Waals surface area contributed by atoms with Gasteiger partial charge in [0.15, 0.2) is 0 Å². The van der Waals surface area contributed by atoms with Gasteiger partial charge in [0.1, 0.15) is 17.9 Å². The lowest BCUT2D eigenvalue weighted by atomic mass is 10.1. The molecule has 0 spiro atoms. The zero-order valence-electron chi connectivity index (χ0n) is 10.8. The average molecular weight is 321 g/mol. The van der Waals surface area contributed by atoms with Crippen LogP contribution in [0.3, 0.4) is 0 Å². The highest BCUT2D eigenvalue weighted by Gasteiger charge is 2.07. The molecule has 0 aliphatic heterocycles. The molecule has 1 heterocycles. The minimum atomic E-state index is -0.431. The van der Waals surface area contributed by atoms with E-state index in [1.807, 2.05) is 0 Å². The molecule has 0 saturated carbocycles. The van der Waals surface area contributed by atoms with Crippen molar-refractivity contribution in [2.45, 2.75) is 6.61 Å². The molecule has 0 saturated heterocycles. The number of ether oxygens (including phenoxy) is 1. The Balaban J connectivity index is 1.93. The maximum Gasteiger partial charge on any atom is 0.336 e. The van der Waals surface area contributed by atoms with Gasteiger partial charge in [-0.3, -0.25) is 0 Å². The Hall–Kier alpha value is -1.97. The first kappa shape index (κ1) is 14.0. The topological polar surface area (TPSA) is 39.4 Å². The van der Waals surface area contributed by atoms with Crippen molar-refractivity contribution in [3.05, 3.63) is 74.6 Å². The Morgan fingerprint density at radius 3 is 2.43 bits per heavy atom. The highest BCUT2D eigenvalue weighted by Crippen LogP contribution is 2.23. The first-order valence-corrected chi connectivity index (χ1v) is 6.98. The zero-order chi connectivity index (χ0) is 14.8. The third-order valence-electron chi connectivity index (χ3n) is 3.00. The maximum absolute atomic E-state index is 11.6. The van der Waals surface area contributed by atoms with Gasteiger partial charge in [0.05, 0.1) is 0 Å². The van der Waals surface area contributed by atoms with E-state index in [1.165, 1.54) is 6.07 Å². The number of halogens is 2. The summed E-state index contributed by atoms with van der Waals surface area (Å²) in [5.41, 5.74) is 0.761. The molecule has 3 nitrogen and oxygen atoms in total. The van der Waals surface area contributed by atoms with Crippen molar-refractivity contribution in [2.24, 2.45) is 0 Å². The van der Waals surface area contributed by atoms with Gasteiger partial charge in [-0.15, -0.1) is 0 Å². The summed E-state index contributed by atoms with van der Waals surface area (Å²) in [5, 5.41) is 1.96. The number of benzene rings is 2. The number of fused-ring (bicyclic) bond motifs is 1. The molecule has 0 radical (unpaired) electrons. The molecule has 0 bridgehead atoms. The monoisotopic (exact) mass is 320 g/mol. The fourth-order valence-electron chi connectivity index (χ4n) is 2.02. The second kappa shape index (κ2) is 5.80. The van der Waals surface area contributed by atoms with Crippen LogP contribution in [0.15, 0.2) is 57.7 Å². The van der Waals surface area contributed by atoms with Gasteiger partial charge >= 0.3 is 5.63 Å². The zero-order valence-corrected chi connectivity index (χ0v) is 12.3. The number of hydrogen-bond acceptors (Lipinski definition) is 3. The summed E-state index contributed by atoms with van der Waals surface area (Å²) >= 11 is 11.7. The summed E-state index contributed by atoms with van der Waals surface area (Å²) in [7, 11) is 0. The third-order valence-corrected chi connectivity index (χ3v) is 3.49. The average Bonchev–Trinajstić information content (AvgIpc) is 2.45. The highest BCUT2D eigenvalue weighted by atomic mass is 35.5. The lowest BCUT2D eigenvalue weighted by Crippen LogP contribution is -2.04. The van der Waals surface area contributed by atoms with Gasteiger partial charge in [0.2, 0.25) is 0 Å². The minimum Gasteiger partial charge on any atom is -0.489 e. The lowest BCUT2D eigenvalue weighted by molar-refractivity contribution is 0.306. The van der Waals surface area contributed by atoms with Gasteiger partial charge < -0.3 is 9.15 Å². The van der Waals surface area contributed by atoms with E-state index in [-0.39, 0.29) is 6.61 Å². The van der Waals surface area contributed by atoms with E-state index in [9.17, 15) is 4.79 Å². The van der Waals surface area contributed by atoms with E-state index in [0.29, 0.717) is 21.4 Å². The molecule has 1 aromatic heterocycles. The summed E-state index contributed by atoms with van der Waals surface area (Å²) in [6.45, 7) is 0.255. The van der Waals surface area contributed by atoms with Crippen LogP contribution in [0.4, 0.5) is 0 Å². The van der Waals surface area contributed by atoms with Crippen LogP contribution in [0.25, 0.3) is 11.0 Å². The number of hydrogen-bond donors (Lipinski definition) is 0. The van der Waals surface area contributed by atoms with Crippen molar-refractivity contribution in [3.63, 3.8) is 0 Å². The van der Waals surface area contributed by atoms with Gasteiger partial charge in [0.25, 0.3) is 0 Å². The first-order chi connectivity index (χ1) is 10.1. The quantitative estimate of drug-likeness (QED) is 0.658. The van der Waals surface area contributed by atoms with Crippen LogP contribution in [-0.4, -0.2) is 0 Å². The van der Waals surface area contributed by atoms with Crippen LogP contribution in [0.5, 0.6) is 5.75 Å². The maximum atomic E-state index is 11.6. The molecule has 2 aromatic carbocycles. The Bertz CT molecular complexity index is 838. The molecular formula is C16H10Cl2O3. The van der Waals surface area contributed by atoms with E-state index >= 15 is 0 Å². The minimum absolute atomic E-state index is 0.255. The van der Waals surface area contributed by atoms with Gasteiger partial charge in [0, 0.05) is 33.1 Å². The molecule has 0 unspecified atom stereocenters. The predicted octanol–water partition coefficient (Wildman–Crippen LogP) is 4.68. The van der Waals surface area contributed by atoms with E-state index < -0.39 is 5.63 Å². The van der Waals surface area contributed by atoms with Crippen molar-refractivity contribution in [1.82, 2.24) is 0 Å². The van der Waals surface area contributed by atoms with E-state index in [4.69, 9.17) is 32.4 Å². The SMILES string of the molecule is O=c1cc(COc2ccc(Cl)cc2)c2ccc(Cl)cc2o1. The molecule has 0 aliphatic rings. The standard InChI is InChI=1S/C16H10Cl2O3/c17-11-1-4-13(5-2-11)20-9-10-7-16(19)21-15-8-12(18)3-6-14(10)15/h1-8H,9H2. The van der Waals surface area contributed by atoms with E-state index in [1.54, 1.807) is 42.5 Å². The third kappa shape index (κ3) is 3.20. The molecule has 0 amide bonds. The Morgan fingerprint density at radius 2 is 1.67 bits per heavy atom. The second-order valence-electron chi connectivity index (χ2n) is 4.47. The summed E-state index contributed by atoms with van der Waals surface area (Å²) in [6.07, 6.45) is 0. The van der Waals surface area contributed by atoms with Gasteiger partial charge in [-0.05, 0) is 36.4 Å². The van der Waals surface area contributed by atoms with Crippen LogP contribution in [-0.2, 0) is 6.61 Å². The smallest absolute Gasteiger partial charge is 0.336 e. The van der Waals surface area contributed by atoms with Crippen LogP contribution in [0.2, 0.25) is 10.0 Å². The molecule has 106 valence electrons. The molecule has 21 heavy (non-hydrogen) atoms. The largest absolute Gasteiger partial charge is 0.489 e. The molecule has 0 N–H and O–H groups in total. The van der Waals surface area contributed by atoms with Gasteiger partial charge in [-0.1, -0.05) is 23.2 Å². The molecular weight excluding hydrogens is 311 g/mol. The second-order valence-corrected chi connectivity index (χ2v) is 5.35. The Kier molecular flexibility index (Phi) is 3.86. The van der Waals surface area contributed by atoms with E-state index in [0.717, 1.165) is 10.9 Å². The van der Waals surface area contributed by atoms with Crippen molar-refractivity contribution in [2.75, 3.05) is 0 Å². The summed E-state index contributed by atoms with van der Waals surface area (Å²) in [4.78, 5) is 11.6. The lowest BCUT2D eigenvalue weighted by Gasteiger charge is -2.08. The van der Waals surface area contributed by atoms with Crippen molar-refractivity contribution >= 4 is 34.2 Å². The van der Waals surface area contributed by atoms with Crippen LogP contribution in [0.1, 0.15) is 5.56 Å². The van der Waals surface area contributed by atoms with Crippen LogP contribution in [0, 0.1) is 0 Å². The normalized spacial score (nSPS) is 10.8. The van der Waals surface area contributed by atoms with Crippen LogP contribution >= 0.6 is 23.2 Å². The molecule has 5 heteroatoms. The van der Waals surface area contributed by atoms with Crippen molar-refractivity contribution in [3.8, 4) is 5.75 Å². The molecule has 3 rings (SSSR count). The highest BCUT2D eigenvalue weighted by molar-refractivity contribution is 6.31. The van der Waals surface area contributed by atoms with Crippen LogP contribution < -0.4 is 10.4 Å². The first-order valence-electron chi connectivity index (χ1n) is 6.22. The summed E-state index contributed by atoms with van der Waals surface area (Å²) < 4.78 is 10.8. The molecule has 3 aromatic rings. The fraction of sp³-hybridized carbons (Fsp3) is 0.0625. The van der Waals surface area contributed by atoms with Crippen molar-refractivity contribution < 1.29 is 9.15 Å². The predicted molar refractivity (Wildman–Crippen MR) is 83.3 cm³/mol. The fourth-order valence-corrected chi connectivity index (χ4v) is 2.30. The van der Waals surface area contributed by atoms with Crippen molar-refractivity contribution in [1.29, 1.82) is 0 Å². The molecule has 0 aliphatic carbocycles. The van der Waals surface area contributed by atoms with E-state index in [2.05, 4.69) is 0 Å². The summed E-state index contributed by atoms with van der Waals surface area (Å²) in [6, 6.07) is 13.6. The van der Waals surface area contributed by atoms with Gasteiger partial charge in [-0.2, -0.15) is 0 Å². The Labute approximate surface area is 130 Å². The molecule has 0 fully saturated rings. The summed E-state index contributed by atoms with van der Waals surface area (Å²) in [5.74, 6) is 0.676. The number of rotatable bonds is 3.